The lowest BCUT2D eigenvalue weighted by atomic mass is 9.77. The highest BCUT2D eigenvalue weighted by molar-refractivity contribution is 7.17. The lowest BCUT2D eigenvalue weighted by Crippen LogP contribution is -2.54. The van der Waals surface area contributed by atoms with Crippen LogP contribution in [0.4, 0.5) is 5.69 Å². The highest BCUT2D eigenvalue weighted by Crippen LogP contribution is 2.33. The number of hydrogen-bond donors (Lipinski definition) is 1. The smallest absolute Gasteiger partial charge is 0.220 e. The minimum Gasteiger partial charge on any atom is -0.376 e. The first-order valence-corrected chi connectivity index (χ1v) is 13.0. The van der Waals surface area contributed by atoms with Crippen molar-refractivity contribution in [3.8, 4) is 0 Å². The maximum absolute atomic E-state index is 11.8. The Morgan fingerprint density at radius 3 is 2.87 bits per heavy atom. The van der Waals surface area contributed by atoms with Crippen molar-refractivity contribution in [3.05, 3.63) is 29.6 Å². The third kappa shape index (κ3) is 4.91. The van der Waals surface area contributed by atoms with Gasteiger partial charge in [-0.3, -0.25) is 9.69 Å². The fraction of sp³-hybridized carbons (Fsp3) is 0.640. The molecular weight excluding hydrogens is 406 g/mol. The second kappa shape index (κ2) is 9.88. The van der Waals surface area contributed by atoms with Crippen LogP contribution in [0.5, 0.6) is 0 Å². The second-order valence-electron chi connectivity index (χ2n) is 9.38. The maximum atomic E-state index is 11.8. The van der Waals surface area contributed by atoms with E-state index in [1.54, 1.807) is 0 Å². The zero-order valence-corrected chi connectivity index (χ0v) is 19.2. The Kier molecular flexibility index (Phi) is 6.77. The molecule has 0 bridgehead atoms. The van der Waals surface area contributed by atoms with Crippen LogP contribution in [-0.4, -0.2) is 62.3 Å². The monoisotopic (exact) mass is 441 g/mol. The fourth-order valence-electron chi connectivity index (χ4n) is 5.68. The SMILES string of the molecule is O=C1CCC2CCCC(OCCCCN3CCN(c4cccc5sccc45)CC3)C2N1. The summed E-state index contributed by atoms with van der Waals surface area (Å²) in [5.41, 5.74) is 1.40. The Balaban J connectivity index is 1.01. The topological polar surface area (TPSA) is 44.8 Å². The number of benzene rings is 1. The van der Waals surface area contributed by atoms with Gasteiger partial charge >= 0.3 is 0 Å². The van der Waals surface area contributed by atoms with Crippen LogP contribution in [0.15, 0.2) is 29.6 Å². The maximum Gasteiger partial charge on any atom is 0.220 e. The Morgan fingerprint density at radius 2 is 1.97 bits per heavy atom. The van der Waals surface area contributed by atoms with Crippen molar-refractivity contribution in [2.45, 2.75) is 57.1 Å². The Bertz CT molecular complexity index is 877. The Morgan fingerprint density at radius 1 is 1.06 bits per heavy atom. The van der Waals surface area contributed by atoms with Gasteiger partial charge < -0.3 is 15.0 Å². The average molecular weight is 442 g/mol. The summed E-state index contributed by atoms with van der Waals surface area (Å²) in [6.45, 7) is 6.48. The number of nitrogens with one attached hydrogen (secondary N) is 1. The zero-order chi connectivity index (χ0) is 21.0. The van der Waals surface area contributed by atoms with Crippen LogP contribution in [-0.2, 0) is 9.53 Å². The van der Waals surface area contributed by atoms with E-state index < -0.39 is 0 Å². The number of amides is 1. The van der Waals surface area contributed by atoms with Gasteiger partial charge in [-0.05, 0) is 68.1 Å². The number of carbonyl (C=O) groups is 1. The molecule has 0 radical (unpaired) electrons. The van der Waals surface area contributed by atoms with Gasteiger partial charge in [-0.25, -0.2) is 0 Å². The molecule has 2 aliphatic heterocycles. The molecule has 168 valence electrons. The zero-order valence-electron chi connectivity index (χ0n) is 18.4. The summed E-state index contributed by atoms with van der Waals surface area (Å²) in [5, 5.41) is 6.81. The fourth-order valence-corrected chi connectivity index (χ4v) is 6.49. The number of rotatable bonds is 7. The van der Waals surface area contributed by atoms with Crippen molar-refractivity contribution in [2.24, 2.45) is 5.92 Å². The van der Waals surface area contributed by atoms with E-state index >= 15 is 0 Å². The number of nitrogens with zero attached hydrogens (tertiary/aromatic N) is 2. The van der Waals surface area contributed by atoms with Gasteiger partial charge in [0.15, 0.2) is 0 Å². The van der Waals surface area contributed by atoms with E-state index in [0.29, 0.717) is 12.3 Å². The van der Waals surface area contributed by atoms with Gasteiger partial charge in [-0.2, -0.15) is 0 Å². The van der Waals surface area contributed by atoms with Crippen molar-refractivity contribution < 1.29 is 9.53 Å². The van der Waals surface area contributed by atoms with E-state index in [-0.39, 0.29) is 18.1 Å². The van der Waals surface area contributed by atoms with Gasteiger partial charge in [-0.1, -0.05) is 12.5 Å². The van der Waals surface area contributed by atoms with Crippen LogP contribution in [0.1, 0.15) is 44.9 Å². The van der Waals surface area contributed by atoms with Gasteiger partial charge in [0.1, 0.15) is 0 Å². The highest BCUT2D eigenvalue weighted by atomic mass is 32.1. The number of ether oxygens (including phenoxy) is 1. The molecule has 0 spiro atoms. The van der Waals surface area contributed by atoms with Crippen LogP contribution >= 0.6 is 11.3 Å². The van der Waals surface area contributed by atoms with Crippen molar-refractivity contribution in [1.29, 1.82) is 0 Å². The van der Waals surface area contributed by atoms with Gasteiger partial charge in [0, 0.05) is 55.0 Å². The largest absolute Gasteiger partial charge is 0.376 e. The minimum absolute atomic E-state index is 0.214. The molecule has 3 aliphatic rings. The van der Waals surface area contributed by atoms with Gasteiger partial charge in [0.2, 0.25) is 5.91 Å². The quantitative estimate of drug-likeness (QED) is 0.652. The van der Waals surface area contributed by atoms with Crippen molar-refractivity contribution in [1.82, 2.24) is 10.2 Å². The molecule has 1 saturated carbocycles. The van der Waals surface area contributed by atoms with E-state index in [1.807, 2.05) is 11.3 Å². The first-order valence-electron chi connectivity index (χ1n) is 12.1. The summed E-state index contributed by atoms with van der Waals surface area (Å²) in [5.74, 6) is 0.846. The molecule has 3 atom stereocenters. The molecule has 3 heterocycles. The van der Waals surface area contributed by atoms with Gasteiger partial charge in [0.25, 0.3) is 0 Å². The second-order valence-corrected chi connectivity index (χ2v) is 10.3. The number of piperazine rings is 1. The molecular formula is C25H35N3O2S. The number of anilines is 1. The van der Waals surface area contributed by atoms with Gasteiger partial charge in [-0.15, -0.1) is 11.3 Å². The molecule has 5 nitrogen and oxygen atoms in total. The number of carbonyl (C=O) groups excluding carboxylic acids is 1. The Labute approximate surface area is 189 Å². The standard InChI is InChI=1S/C25H35N3O2S/c29-24-10-9-19-5-3-7-22(25(19)26-24)30-17-2-1-12-27-13-15-28(16-14-27)21-6-4-8-23-20(21)11-18-31-23/h4,6,8,11,18-19,22,25H,1-3,5,7,9-10,12-17H2,(H,26,29). The van der Waals surface area contributed by atoms with Gasteiger partial charge in [0.05, 0.1) is 12.1 Å². The normalized spacial score (nSPS) is 27.3. The molecule has 2 aromatic rings. The summed E-state index contributed by atoms with van der Waals surface area (Å²) < 4.78 is 7.64. The Hall–Kier alpha value is -1.63. The van der Waals surface area contributed by atoms with Crippen LogP contribution in [0.2, 0.25) is 0 Å². The van der Waals surface area contributed by atoms with Crippen LogP contribution in [0.3, 0.4) is 0 Å². The first kappa shape index (κ1) is 21.2. The van der Waals surface area contributed by atoms with E-state index in [1.165, 1.54) is 35.0 Å². The van der Waals surface area contributed by atoms with Crippen molar-refractivity contribution >= 4 is 33.0 Å². The molecule has 6 heteroatoms. The molecule has 1 aromatic heterocycles. The molecule has 5 rings (SSSR count). The summed E-state index contributed by atoms with van der Waals surface area (Å²) in [4.78, 5) is 17.0. The van der Waals surface area contributed by atoms with E-state index in [2.05, 4.69) is 44.8 Å². The highest BCUT2D eigenvalue weighted by Gasteiger charge is 2.37. The number of piperidine rings is 1. The number of hydrogen-bond acceptors (Lipinski definition) is 5. The minimum atomic E-state index is 0.214. The molecule has 3 fully saturated rings. The molecule has 1 aliphatic carbocycles. The molecule has 3 unspecified atom stereocenters. The molecule has 1 N–H and O–H groups in total. The van der Waals surface area contributed by atoms with Crippen LogP contribution in [0, 0.1) is 5.92 Å². The molecule has 1 aromatic carbocycles. The lowest BCUT2D eigenvalue weighted by Gasteiger charge is -2.41. The van der Waals surface area contributed by atoms with E-state index in [0.717, 1.165) is 58.6 Å². The summed E-state index contributed by atoms with van der Waals surface area (Å²) in [7, 11) is 0. The third-order valence-electron chi connectivity index (χ3n) is 7.43. The first-order chi connectivity index (χ1) is 15.3. The summed E-state index contributed by atoms with van der Waals surface area (Å²) in [6.07, 6.45) is 7.85. The molecule has 31 heavy (non-hydrogen) atoms. The number of unbranched alkanes of at least 4 members (excludes halogenated alkanes) is 1. The third-order valence-corrected chi connectivity index (χ3v) is 8.31. The molecule has 2 saturated heterocycles. The summed E-state index contributed by atoms with van der Waals surface area (Å²) in [6, 6.07) is 9.20. The number of fused-ring (bicyclic) bond motifs is 2. The van der Waals surface area contributed by atoms with Crippen LogP contribution in [0.25, 0.3) is 10.1 Å². The summed E-state index contributed by atoms with van der Waals surface area (Å²) >= 11 is 1.83. The predicted octanol–water partition coefficient (Wildman–Crippen LogP) is 4.27. The molecule has 1 amide bonds. The van der Waals surface area contributed by atoms with Crippen LogP contribution < -0.4 is 10.2 Å². The van der Waals surface area contributed by atoms with Crippen molar-refractivity contribution in [3.63, 3.8) is 0 Å². The van der Waals surface area contributed by atoms with E-state index in [9.17, 15) is 4.79 Å². The predicted molar refractivity (Wildman–Crippen MR) is 128 cm³/mol. The number of thiophene rings is 1. The average Bonchev–Trinajstić information content (AvgIpc) is 3.29. The lowest BCUT2D eigenvalue weighted by molar-refractivity contribution is -0.128. The van der Waals surface area contributed by atoms with Crippen molar-refractivity contribution in [2.75, 3.05) is 44.2 Å². The van der Waals surface area contributed by atoms with E-state index in [4.69, 9.17) is 4.74 Å².